The van der Waals surface area contributed by atoms with Crippen molar-refractivity contribution < 1.29 is 9.28 Å². The Labute approximate surface area is 93.6 Å². The highest BCUT2D eigenvalue weighted by molar-refractivity contribution is 5.78. The van der Waals surface area contributed by atoms with Gasteiger partial charge in [-0.25, -0.2) is 0 Å². The molecule has 0 atom stereocenters. The number of carbonyl (C=O) groups excluding carboxylic acids is 1. The van der Waals surface area contributed by atoms with E-state index in [1.165, 1.54) is 0 Å². The minimum Gasteiger partial charge on any atom is -0.331 e. The van der Waals surface area contributed by atoms with Crippen LogP contribution in [0.4, 0.5) is 0 Å². The molecule has 1 saturated heterocycles. The van der Waals surface area contributed by atoms with Crippen molar-refractivity contribution in [3.8, 4) is 0 Å². The molecule has 88 valence electrons. The zero-order valence-corrected chi connectivity index (χ0v) is 10.8. The number of hydrogen-bond acceptors (Lipinski definition) is 1. The molecule has 0 aliphatic carbocycles. The third kappa shape index (κ3) is 2.71. The summed E-state index contributed by atoms with van der Waals surface area (Å²) in [7, 11) is 2.29. The molecule has 1 aliphatic heterocycles. The van der Waals surface area contributed by atoms with Crippen molar-refractivity contribution in [2.75, 3.05) is 33.2 Å². The highest BCUT2D eigenvalue weighted by atomic mass is 16.2. The number of amides is 1. The maximum atomic E-state index is 11.8. The lowest BCUT2D eigenvalue weighted by Gasteiger charge is -2.45. The fraction of sp³-hybridized carbons (Fsp3) is 0.917. The largest absolute Gasteiger partial charge is 0.331 e. The van der Waals surface area contributed by atoms with Crippen molar-refractivity contribution in [1.29, 1.82) is 0 Å². The van der Waals surface area contributed by atoms with Gasteiger partial charge in [-0.2, -0.15) is 0 Å². The van der Waals surface area contributed by atoms with E-state index in [1.54, 1.807) is 0 Å². The predicted octanol–water partition coefficient (Wildman–Crippen LogP) is 1.34. The second kappa shape index (κ2) is 4.52. The van der Waals surface area contributed by atoms with Crippen LogP contribution in [0.1, 0.15) is 27.7 Å². The molecule has 1 heterocycles. The Balaban J connectivity index is 2.53. The monoisotopic (exact) mass is 213 g/mol. The maximum Gasteiger partial charge on any atom is 0.225 e. The van der Waals surface area contributed by atoms with Gasteiger partial charge in [-0.3, -0.25) is 4.79 Å². The molecule has 0 radical (unpaired) electrons. The average molecular weight is 213 g/mol. The van der Waals surface area contributed by atoms with Gasteiger partial charge in [0, 0.05) is 5.92 Å². The van der Waals surface area contributed by atoms with Crippen molar-refractivity contribution >= 4 is 5.91 Å². The minimum atomic E-state index is 0.140. The Kier molecular flexibility index (Phi) is 3.77. The first-order chi connectivity index (χ1) is 6.87. The summed E-state index contributed by atoms with van der Waals surface area (Å²) in [5.74, 6) is 0.450. The van der Waals surface area contributed by atoms with E-state index in [4.69, 9.17) is 0 Å². The van der Waals surface area contributed by atoms with E-state index in [0.29, 0.717) is 11.9 Å². The first-order valence-electron chi connectivity index (χ1n) is 6.00. The zero-order chi connectivity index (χ0) is 11.6. The number of nitrogens with zero attached hydrogens (tertiary/aromatic N) is 2. The third-order valence-corrected chi connectivity index (χ3v) is 3.81. The number of piperazine rings is 1. The zero-order valence-electron chi connectivity index (χ0n) is 10.8. The van der Waals surface area contributed by atoms with Crippen molar-refractivity contribution in [3.63, 3.8) is 0 Å². The van der Waals surface area contributed by atoms with Crippen LogP contribution in [0.5, 0.6) is 0 Å². The normalized spacial score (nSPS) is 21.1. The van der Waals surface area contributed by atoms with Gasteiger partial charge in [-0.15, -0.1) is 0 Å². The topological polar surface area (TPSA) is 20.3 Å². The minimum absolute atomic E-state index is 0.140. The highest BCUT2D eigenvalue weighted by Crippen LogP contribution is 2.16. The molecule has 1 rings (SSSR count). The van der Waals surface area contributed by atoms with E-state index in [0.717, 1.165) is 30.7 Å². The second-order valence-corrected chi connectivity index (χ2v) is 5.50. The number of rotatable bonds is 2. The molecule has 0 aromatic carbocycles. The van der Waals surface area contributed by atoms with E-state index >= 15 is 0 Å². The van der Waals surface area contributed by atoms with Crippen LogP contribution in [-0.2, 0) is 4.79 Å². The molecule has 3 heteroatoms. The standard InChI is InChI=1S/C12H25N2O/c1-10(2)12(15)13-6-8-14(5,9-7-13)11(3)4/h10-11H,6-9H2,1-5H3/q+1. The summed E-state index contributed by atoms with van der Waals surface area (Å²) in [6.45, 7) is 12.5. The Hall–Kier alpha value is -0.570. The van der Waals surface area contributed by atoms with Crippen LogP contribution in [0.25, 0.3) is 0 Å². The fourth-order valence-electron chi connectivity index (χ4n) is 2.02. The van der Waals surface area contributed by atoms with Gasteiger partial charge in [0.05, 0.1) is 39.3 Å². The van der Waals surface area contributed by atoms with Crippen LogP contribution in [0.15, 0.2) is 0 Å². The molecule has 1 fully saturated rings. The summed E-state index contributed by atoms with van der Waals surface area (Å²) in [6.07, 6.45) is 0. The summed E-state index contributed by atoms with van der Waals surface area (Å²) in [6, 6.07) is 0.654. The average Bonchev–Trinajstić information content (AvgIpc) is 2.17. The maximum absolute atomic E-state index is 11.8. The number of carbonyl (C=O) groups is 1. The lowest BCUT2D eigenvalue weighted by molar-refractivity contribution is -0.933. The Bertz CT molecular complexity index is 228. The van der Waals surface area contributed by atoms with Crippen LogP contribution >= 0.6 is 0 Å². The van der Waals surface area contributed by atoms with Gasteiger partial charge in [0.2, 0.25) is 5.91 Å². The van der Waals surface area contributed by atoms with Gasteiger partial charge < -0.3 is 9.38 Å². The quantitative estimate of drug-likeness (QED) is 0.634. The van der Waals surface area contributed by atoms with E-state index in [2.05, 4.69) is 20.9 Å². The molecule has 0 N–H and O–H groups in total. The molecule has 0 aromatic rings. The van der Waals surface area contributed by atoms with Crippen LogP contribution in [0.3, 0.4) is 0 Å². The smallest absolute Gasteiger partial charge is 0.225 e. The second-order valence-electron chi connectivity index (χ2n) is 5.50. The van der Waals surface area contributed by atoms with Gasteiger partial charge in [-0.1, -0.05) is 13.8 Å². The van der Waals surface area contributed by atoms with Crippen LogP contribution < -0.4 is 0 Å². The summed E-state index contributed by atoms with van der Waals surface area (Å²) < 4.78 is 1.10. The van der Waals surface area contributed by atoms with E-state index in [-0.39, 0.29) is 5.92 Å². The van der Waals surface area contributed by atoms with Crippen molar-refractivity contribution in [1.82, 2.24) is 4.90 Å². The Morgan fingerprint density at radius 1 is 1.13 bits per heavy atom. The third-order valence-electron chi connectivity index (χ3n) is 3.81. The number of likely N-dealkylation sites (N-methyl/N-ethyl adjacent to an activating group) is 1. The Morgan fingerprint density at radius 2 is 1.60 bits per heavy atom. The van der Waals surface area contributed by atoms with E-state index in [1.807, 2.05) is 18.7 Å². The first-order valence-corrected chi connectivity index (χ1v) is 6.00. The molecule has 0 aromatic heterocycles. The van der Waals surface area contributed by atoms with Gasteiger partial charge >= 0.3 is 0 Å². The van der Waals surface area contributed by atoms with Crippen molar-refractivity contribution in [3.05, 3.63) is 0 Å². The van der Waals surface area contributed by atoms with E-state index in [9.17, 15) is 4.79 Å². The van der Waals surface area contributed by atoms with Gasteiger partial charge in [0.25, 0.3) is 0 Å². The Morgan fingerprint density at radius 3 is 1.93 bits per heavy atom. The summed E-state index contributed by atoms with van der Waals surface area (Å²) in [5, 5.41) is 0. The molecule has 15 heavy (non-hydrogen) atoms. The molecule has 1 amide bonds. The fourth-order valence-corrected chi connectivity index (χ4v) is 2.02. The van der Waals surface area contributed by atoms with Gasteiger partial charge in [0.15, 0.2) is 0 Å². The van der Waals surface area contributed by atoms with Crippen molar-refractivity contribution in [2.45, 2.75) is 33.7 Å². The van der Waals surface area contributed by atoms with Gasteiger partial charge in [-0.05, 0) is 13.8 Å². The summed E-state index contributed by atoms with van der Waals surface area (Å²) in [5.41, 5.74) is 0. The summed E-state index contributed by atoms with van der Waals surface area (Å²) in [4.78, 5) is 13.8. The molecular weight excluding hydrogens is 188 g/mol. The predicted molar refractivity (Wildman–Crippen MR) is 62.5 cm³/mol. The molecular formula is C12H25N2O+. The molecule has 0 unspecified atom stereocenters. The molecule has 3 nitrogen and oxygen atoms in total. The van der Waals surface area contributed by atoms with E-state index < -0.39 is 0 Å². The lowest BCUT2D eigenvalue weighted by atomic mass is 10.1. The molecule has 0 bridgehead atoms. The molecule has 1 aliphatic rings. The number of quaternary nitrogens is 1. The van der Waals surface area contributed by atoms with Crippen molar-refractivity contribution in [2.24, 2.45) is 5.92 Å². The van der Waals surface area contributed by atoms with Gasteiger partial charge in [0.1, 0.15) is 0 Å². The lowest BCUT2D eigenvalue weighted by Crippen LogP contribution is -2.61. The molecule has 0 saturated carbocycles. The summed E-state index contributed by atoms with van der Waals surface area (Å²) >= 11 is 0. The van der Waals surface area contributed by atoms with Crippen LogP contribution in [0.2, 0.25) is 0 Å². The molecule has 0 spiro atoms. The highest BCUT2D eigenvalue weighted by Gasteiger charge is 2.33. The van der Waals surface area contributed by atoms with Crippen LogP contribution in [-0.4, -0.2) is 54.6 Å². The number of hydrogen-bond donors (Lipinski definition) is 0. The SMILES string of the molecule is CC(C)C(=O)N1CC[N+](C)(C(C)C)CC1. The first kappa shape index (κ1) is 12.5. The van der Waals surface area contributed by atoms with Crippen LogP contribution in [0, 0.1) is 5.92 Å².